The van der Waals surface area contributed by atoms with Gasteiger partial charge in [-0.1, -0.05) is 6.07 Å². The second-order valence-electron chi connectivity index (χ2n) is 3.06. The van der Waals surface area contributed by atoms with Crippen molar-refractivity contribution in [1.29, 1.82) is 5.26 Å². The largest absolute Gasteiger partial charge is 0.469 e. The molecule has 5 heteroatoms. The molecule has 0 fully saturated rings. The van der Waals surface area contributed by atoms with Crippen molar-refractivity contribution in [3.63, 3.8) is 0 Å². The van der Waals surface area contributed by atoms with Crippen LogP contribution >= 0.6 is 27.5 Å². The van der Waals surface area contributed by atoms with Crippen LogP contribution in [0.2, 0.25) is 0 Å². The van der Waals surface area contributed by atoms with E-state index in [1.807, 2.05) is 0 Å². The number of nitriles is 1. The van der Waals surface area contributed by atoms with Gasteiger partial charge in [-0.25, -0.2) is 0 Å². The molecule has 0 aliphatic carbocycles. The third-order valence-corrected chi connectivity index (χ3v) is 3.11. The highest BCUT2D eigenvalue weighted by molar-refractivity contribution is 9.10. The third-order valence-electron chi connectivity index (χ3n) is 2.16. The first-order valence-corrected chi connectivity index (χ1v) is 5.80. The summed E-state index contributed by atoms with van der Waals surface area (Å²) in [6, 6.07) is 5.59. The Hall–Kier alpha value is -1.05. The van der Waals surface area contributed by atoms with Gasteiger partial charge >= 0.3 is 5.97 Å². The molecule has 0 N–H and O–H groups in total. The lowest BCUT2D eigenvalue weighted by atomic mass is 10.00. The first-order valence-electron chi connectivity index (χ1n) is 4.47. The molecule has 0 aliphatic rings. The Balaban J connectivity index is 3.26. The van der Waals surface area contributed by atoms with E-state index in [9.17, 15) is 4.79 Å². The van der Waals surface area contributed by atoms with E-state index in [4.69, 9.17) is 16.9 Å². The maximum atomic E-state index is 11.2. The minimum atomic E-state index is -0.388. The molecule has 1 aromatic carbocycles. The number of benzene rings is 1. The van der Waals surface area contributed by atoms with E-state index < -0.39 is 0 Å². The highest BCUT2D eigenvalue weighted by Crippen LogP contribution is 2.25. The fourth-order valence-corrected chi connectivity index (χ4v) is 2.04. The molecule has 0 saturated carbocycles. The fourth-order valence-electron chi connectivity index (χ4n) is 1.33. The molecule has 3 nitrogen and oxygen atoms in total. The molecular formula is C11H9BrClNO2. The molecule has 1 rings (SSSR count). The minimum Gasteiger partial charge on any atom is -0.469 e. The molecule has 0 heterocycles. The molecule has 0 bridgehead atoms. The number of hydrogen-bond donors (Lipinski definition) is 0. The van der Waals surface area contributed by atoms with Gasteiger partial charge in [0.25, 0.3) is 0 Å². The topological polar surface area (TPSA) is 50.1 Å². The van der Waals surface area contributed by atoms with E-state index in [0.29, 0.717) is 15.6 Å². The second-order valence-corrected chi connectivity index (χ2v) is 4.18. The number of hydrogen-bond acceptors (Lipinski definition) is 3. The number of carbonyl (C=O) groups excluding carboxylic acids is 1. The Labute approximate surface area is 107 Å². The molecule has 0 spiro atoms. The molecular weight excluding hydrogens is 293 g/mol. The normalized spacial score (nSPS) is 9.62. The molecule has 84 valence electrons. The van der Waals surface area contributed by atoms with Crippen LogP contribution in [0.25, 0.3) is 0 Å². The van der Waals surface area contributed by atoms with Crippen molar-refractivity contribution < 1.29 is 9.53 Å². The van der Waals surface area contributed by atoms with Crippen LogP contribution in [0.4, 0.5) is 0 Å². The van der Waals surface area contributed by atoms with E-state index in [0.717, 1.165) is 5.56 Å². The summed E-state index contributed by atoms with van der Waals surface area (Å²) in [7, 11) is 1.31. The van der Waals surface area contributed by atoms with Gasteiger partial charge in [0.2, 0.25) is 0 Å². The smallest absolute Gasteiger partial charge is 0.310 e. The van der Waals surface area contributed by atoms with Gasteiger partial charge in [0.15, 0.2) is 0 Å². The van der Waals surface area contributed by atoms with Gasteiger partial charge in [0.1, 0.15) is 6.07 Å². The van der Waals surface area contributed by atoms with E-state index in [2.05, 4.69) is 26.7 Å². The summed E-state index contributed by atoms with van der Waals surface area (Å²) in [6.07, 6.45) is 0.0564. The Morgan fingerprint density at radius 1 is 1.62 bits per heavy atom. The summed E-state index contributed by atoms with van der Waals surface area (Å²) in [5.74, 6) is -0.130. The summed E-state index contributed by atoms with van der Waals surface area (Å²) in [6.45, 7) is 0. The number of rotatable bonds is 3. The summed E-state index contributed by atoms with van der Waals surface area (Å²) in [4.78, 5) is 11.2. The van der Waals surface area contributed by atoms with Gasteiger partial charge in [0, 0.05) is 10.4 Å². The molecule has 0 aliphatic heterocycles. The number of alkyl halides is 1. The molecule has 0 saturated heterocycles. The Morgan fingerprint density at radius 3 is 2.81 bits per heavy atom. The zero-order chi connectivity index (χ0) is 12.1. The average Bonchev–Trinajstić information content (AvgIpc) is 2.29. The number of methoxy groups -OCH3 is 1. The lowest BCUT2D eigenvalue weighted by Gasteiger charge is -2.09. The first-order chi connectivity index (χ1) is 7.63. The molecule has 16 heavy (non-hydrogen) atoms. The van der Waals surface area contributed by atoms with Crippen molar-refractivity contribution in [2.45, 2.75) is 12.3 Å². The van der Waals surface area contributed by atoms with E-state index in [1.54, 1.807) is 12.1 Å². The zero-order valence-corrected chi connectivity index (χ0v) is 10.9. The predicted molar refractivity (Wildman–Crippen MR) is 64.1 cm³/mol. The quantitative estimate of drug-likeness (QED) is 0.637. The number of carbonyl (C=O) groups is 1. The minimum absolute atomic E-state index is 0.0564. The highest BCUT2D eigenvalue weighted by atomic mass is 79.9. The lowest BCUT2D eigenvalue weighted by molar-refractivity contribution is -0.139. The number of nitrogens with zero attached hydrogens (tertiary/aromatic N) is 1. The SMILES string of the molecule is COC(=O)Cc1c(CCl)ccc(Br)c1C#N. The number of halogens is 2. The van der Waals surface area contributed by atoms with Crippen LogP contribution < -0.4 is 0 Å². The Bertz CT molecular complexity index is 454. The summed E-state index contributed by atoms with van der Waals surface area (Å²) >= 11 is 9.03. The van der Waals surface area contributed by atoms with Gasteiger partial charge in [-0.2, -0.15) is 5.26 Å². The molecule has 1 aromatic rings. The predicted octanol–water partition coefficient (Wildman–Crippen LogP) is 2.78. The molecule has 0 radical (unpaired) electrons. The average molecular weight is 303 g/mol. The van der Waals surface area contributed by atoms with Gasteiger partial charge in [-0.15, -0.1) is 11.6 Å². The van der Waals surface area contributed by atoms with E-state index >= 15 is 0 Å². The summed E-state index contributed by atoms with van der Waals surface area (Å²) < 4.78 is 5.24. The van der Waals surface area contributed by atoms with Crippen LogP contribution in [0, 0.1) is 11.3 Å². The maximum absolute atomic E-state index is 11.2. The number of esters is 1. The van der Waals surface area contributed by atoms with Crippen molar-refractivity contribution >= 4 is 33.5 Å². The first kappa shape index (κ1) is 13.0. The summed E-state index contributed by atoms with van der Waals surface area (Å²) in [5.41, 5.74) is 1.83. The van der Waals surface area contributed by atoms with Crippen LogP contribution in [-0.2, 0) is 21.8 Å². The standard InChI is InChI=1S/C11H9BrClNO2/c1-16-11(15)4-8-7(5-13)2-3-10(12)9(8)6-14/h2-3H,4-5H2,1H3. The second kappa shape index (κ2) is 5.88. The maximum Gasteiger partial charge on any atom is 0.310 e. The van der Waals surface area contributed by atoms with Crippen molar-refractivity contribution in [2.75, 3.05) is 7.11 Å². The van der Waals surface area contributed by atoms with Gasteiger partial charge in [0.05, 0.1) is 19.1 Å². The molecule has 0 unspecified atom stereocenters. The van der Waals surface area contributed by atoms with Gasteiger partial charge < -0.3 is 4.74 Å². The van der Waals surface area contributed by atoms with Crippen LogP contribution in [0.1, 0.15) is 16.7 Å². The Kier molecular flexibility index (Phi) is 4.78. The summed E-state index contributed by atoms with van der Waals surface area (Å²) in [5, 5.41) is 9.03. The van der Waals surface area contributed by atoms with E-state index in [-0.39, 0.29) is 18.3 Å². The van der Waals surface area contributed by atoms with Crippen LogP contribution in [0.5, 0.6) is 0 Å². The molecule has 0 amide bonds. The zero-order valence-electron chi connectivity index (χ0n) is 8.59. The van der Waals surface area contributed by atoms with Crippen molar-refractivity contribution in [2.24, 2.45) is 0 Å². The van der Waals surface area contributed by atoms with E-state index in [1.165, 1.54) is 7.11 Å². The monoisotopic (exact) mass is 301 g/mol. The van der Waals surface area contributed by atoms with Crippen molar-refractivity contribution in [1.82, 2.24) is 0 Å². The fraction of sp³-hybridized carbons (Fsp3) is 0.273. The van der Waals surface area contributed by atoms with Crippen molar-refractivity contribution in [3.05, 3.63) is 33.3 Å². The van der Waals surface area contributed by atoms with Crippen LogP contribution in [-0.4, -0.2) is 13.1 Å². The van der Waals surface area contributed by atoms with Gasteiger partial charge in [-0.3, -0.25) is 4.79 Å². The molecule has 0 aromatic heterocycles. The van der Waals surface area contributed by atoms with Crippen molar-refractivity contribution in [3.8, 4) is 6.07 Å². The Morgan fingerprint density at radius 2 is 2.31 bits per heavy atom. The van der Waals surface area contributed by atoms with Gasteiger partial charge in [-0.05, 0) is 33.1 Å². The molecule has 0 atom stereocenters. The third kappa shape index (κ3) is 2.75. The lowest BCUT2D eigenvalue weighted by Crippen LogP contribution is -2.08. The van der Waals surface area contributed by atoms with Crippen LogP contribution in [0.15, 0.2) is 16.6 Å². The van der Waals surface area contributed by atoms with Crippen LogP contribution in [0.3, 0.4) is 0 Å². The highest BCUT2D eigenvalue weighted by Gasteiger charge is 2.15. The number of ether oxygens (including phenoxy) is 1.